The van der Waals surface area contributed by atoms with Crippen LogP contribution in [0.4, 0.5) is 11.4 Å². The summed E-state index contributed by atoms with van der Waals surface area (Å²) in [5.74, 6) is -0.202. The SMILES string of the molecule is Cc1ccc(C(=O)Nc2ccccc2N)cc1O. The van der Waals surface area contributed by atoms with Crippen LogP contribution in [0.15, 0.2) is 42.5 Å². The first-order valence-electron chi connectivity index (χ1n) is 5.53. The minimum absolute atomic E-state index is 0.101. The van der Waals surface area contributed by atoms with E-state index in [-0.39, 0.29) is 11.7 Å². The molecule has 0 radical (unpaired) electrons. The van der Waals surface area contributed by atoms with E-state index in [1.165, 1.54) is 6.07 Å². The summed E-state index contributed by atoms with van der Waals surface area (Å²) in [4.78, 5) is 12.0. The van der Waals surface area contributed by atoms with Crippen LogP contribution in [0, 0.1) is 6.92 Å². The summed E-state index contributed by atoms with van der Waals surface area (Å²) in [6.45, 7) is 1.77. The lowest BCUT2D eigenvalue weighted by molar-refractivity contribution is 0.102. The van der Waals surface area contributed by atoms with Crippen LogP contribution < -0.4 is 11.1 Å². The van der Waals surface area contributed by atoms with Crippen molar-refractivity contribution in [2.45, 2.75) is 6.92 Å². The van der Waals surface area contributed by atoms with Crippen LogP contribution in [0.3, 0.4) is 0 Å². The standard InChI is InChI=1S/C14H14N2O2/c1-9-6-7-10(8-13(9)17)14(18)16-12-5-3-2-4-11(12)15/h2-8,17H,15H2,1H3,(H,16,18). The van der Waals surface area contributed by atoms with Gasteiger partial charge in [-0.1, -0.05) is 18.2 Å². The summed E-state index contributed by atoms with van der Waals surface area (Å²) >= 11 is 0. The molecule has 92 valence electrons. The van der Waals surface area contributed by atoms with Crippen LogP contribution in [0.2, 0.25) is 0 Å². The number of hydrogen-bond acceptors (Lipinski definition) is 3. The van der Waals surface area contributed by atoms with Crippen LogP contribution in [-0.4, -0.2) is 11.0 Å². The van der Waals surface area contributed by atoms with E-state index in [0.29, 0.717) is 16.9 Å². The van der Waals surface area contributed by atoms with Gasteiger partial charge in [-0.3, -0.25) is 4.79 Å². The van der Waals surface area contributed by atoms with Gasteiger partial charge in [0.05, 0.1) is 11.4 Å². The minimum atomic E-state index is -0.303. The zero-order chi connectivity index (χ0) is 13.1. The number of amides is 1. The smallest absolute Gasteiger partial charge is 0.255 e. The molecule has 4 N–H and O–H groups in total. The fourth-order valence-electron chi connectivity index (χ4n) is 1.56. The van der Waals surface area contributed by atoms with Crippen molar-refractivity contribution in [1.82, 2.24) is 0 Å². The second kappa shape index (κ2) is 4.79. The summed E-state index contributed by atoms with van der Waals surface area (Å²) < 4.78 is 0. The minimum Gasteiger partial charge on any atom is -0.508 e. The average Bonchev–Trinajstić information content (AvgIpc) is 2.35. The number of phenolic OH excluding ortho intramolecular Hbond substituents is 1. The van der Waals surface area contributed by atoms with Crippen molar-refractivity contribution in [3.8, 4) is 5.75 Å². The molecule has 4 nitrogen and oxygen atoms in total. The van der Waals surface area contributed by atoms with Gasteiger partial charge >= 0.3 is 0 Å². The molecule has 1 amide bonds. The van der Waals surface area contributed by atoms with Gasteiger partial charge in [-0.05, 0) is 36.8 Å². The highest BCUT2D eigenvalue weighted by Gasteiger charge is 2.09. The first-order valence-corrected chi connectivity index (χ1v) is 5.53. The number of nitrogen functional groups attached to an aromatic ring is 1. The number of aromatic hydroxyl groups is 1. The number of nitrogens with two attached hydrogens (primary N) is 1. The van der Waals surface area contributed by atoms with E-state index in [9.17, 15) is 9.90 Å². The van der Waals surface area contributed by atoms with Gasteiger partial charge in [-0.25, -0.2) is 0 Å². The van der Waals surface area contributed by atoms with E-state index in [1.54, 1.807) is 43.3 Å². The molecule has 0 bridgehead atoms. The fraction of sp³-hybridized carbons (Fsp3) is 0.0714. The molecule has 0 aliphatic heterocycles. The number of carbonyl (C=O) groups is 1. The van der Waals surface area contributed by atoms with Crippen molar-refractivity contribution in [2.75, 3.05) is 11.1 Å². The van der Waals surface area contributed by atoms with Gasteiger partial charge in [-0.15, -0.1) is 0 Å². The topological polar surface area (TPSA) is 75.4 Å². The molecular formula is C14H14N2O2. The lowest BCUT2D eigenvalue weighted by atomic mass is 10.1. The van der Waals surface area contributed by atoms with Gasteiger partial charge in [0, 0.05) is 5.56 Å². The molecule has 2 aromatic rings. The molecule has 0 fully saturated rings. The number of anilines is 2. The van der Waals surface area contributed by atoms with Crippen LogP contribution in [0.5, 0.6) is 5.75 Å². The van der Waals surface area contributed by atoms with Crippen LogP contribution in [-0.2, 0) is 0 Å². The fourth-order valence-corrected chi connectivity index (χ4v) is 1.56. The van der Waals surface area contributed by atoms with Crippen LogP contribution in [0.25, 0.3) is 0 Å². The molecule has 18 heavy (non-hydrogen) atoms. The third-order valence-corrected chi connectivity index (χ3v) is 2.68. The van der Waals surface area contributed by atoms with E-state index in [2.05, 4.69) is 5.32 Å². The van der Waals surface area contributed by atoms with Crippen molar-refractivity contribution in [3.05, 3.63) is 53.6 Å². The lowest BCUT2D eigenvalue weighted by Gasteiger charge is -2.08. The van der Waals surface area contributed by atoms with E-state index in [1.807, 2.05) is 0 Å². The predicted octanol–water partition coefficient (Wildman–Crippen LogP) is 2.54. The molecule has 2 aromatic carbocycles. The number of rotatable bonds is 2. The predicted molar refractivity (Wildman–Crippen MR) is 71.7 cm³/mol. The van der Waals surface area contributed by atoms with Crippen LogP contribution in [0.1, 0.15) is 15.9 Å². The Hall–Kier alpha value is -2.49. The number of para-hydroxylation sites is 2. The number of nitrogens with one attached hydrogen (secondary N) is 1. The number of aryl methyl sites for hydroxylation is 1. The molecule has 0 aliphatic rings. The van der Waals surface area contributed by atoms with Crippen molar-refractivity contribution >= 4 is 17.3 Å². The average molecular weight is 242 g/mol. The Bertz CT molecular complexity index is 594. The van der Waals surface area contributed by atoms with Gasteiger partial charge < -0.3 is 16.2 Å². The monoisotopic (exact) mass is 242 g/mol. The van der Waals surface area contributed by atoms with Crippen molar-refractivity contribution in [3.63, 3.8) is 0 Å². The quantitative estimate of drug-likeness (QED) is 0.708. The Kier molecular flexibility index (Phi) is 3.19. The van der Waals surface area contributed by atoms with Gasteiger partial charge in [0.25, 0.3) is 5.91 Å². The van der Waals surface area contributed by atoms with Crippen LogP contribution >= 0.6 is 0 Å². The van der Waals surface area contributed by atoms with E-state index in [4.69, 9.17) is 5.73 Å². The molecule has 0 saturated heterocycles. The normalized spacial score (nSPS) is 10.1. The highest BCUT2D eigenvalue weighted by molar-refractivity contribution is 6.05. The highest BCUT2D eigenvalue weighted by Crippen LogP contribution is 2.20. The Labute approximate surface area is 105 Å². The Balaban J connectivity index is 2.22. The molecule has 4 heteroatoms. The van der Waals surface area contributed by atoms with Gasteiger partial charge in [0.2, 0.25) is 0 Å². The highest BCUT2D eigenvalue weighted by atomic mass is 16.3. The summed E-state index contributed by atoms with van der Waals surface area (Å²) in [5, 5.41) is 12.3. The number of carbonyl (C=O) groups excluding carboxylic acids is 1. The molecule has 0 aromatic heterocycles. The zero-order valence-electron chi connectivity index (χ0n) is 9.97. The molecule has 2 rings (SSSR count). The van der Waals surface area contributed by atoms with E-state index in [0.717, 1.165) is 5.56 Å². The molecular weight excluding hydrogens is 228 g/mol. The van der Waals surface area contributed by atoms with Gasteiger partial charge in [0.1, 0.15) is 5.75 Å². The number of phenols is 1. The maximum atomic E-state index is 12.0. The third kappa shape index (κ3) is 2.43. The number of hydrogen-bond donors (Lipinski definition) is 3. The van der Waals surface area contributed by atoms with E-state index < -0.39 is 0 Å². The second-order valence-corrected chi connectivity index (χ2v) is 4.04. The first kappa shape index (κ1) is 12.0. The zero-order valence-corrected chi connectivity index (χ0v) is 9.97. The van der Waals surface area contributed by atoms with Gasteiger partial charge in [0.15, 0.2) is 0 Å². The first-order chi connectivity index (χ1) is 8.58. The van der Waals surface area contributed by atoms with Crippen molar-refractivity contribution in [2.24, 2.45) is 0 Å². The molecule has 0 unspecified atom stereocenters. The Morgan fingerprint density at radius 3 is 2.61 bits per heavy atom. The Morgan fingerprint density at radius 2 is 1.94 bits per heavy atom. The molecule has 0 atom stereocenters. The second-order valence-electron chi connectivity index (χ2n) is 4.04. The lowest BCUT2D eigenvalue weighted by Crippen LogP contribution is -2.13. The van der Waals surface area contributed by atoms with Crippen molar-refractivity contribution < 1.29 is 9.90 Å². The summed E-state index contributed by atoms with van der Waals surface area (Å²) in [7, 11) is 0. The summed E-state index contributed by atoms with van der Waals surface area (Å²) in [5.41, 5.74) is 7.91. The van der Waals surface area contributed by atoms with Crippen molar-refractivity contribution in [1.29, 1.82) is 0 Å². The van der Waals surface area contributed by atoms with E-state index >= 15 is 0 Å². The largest absolute Gasteiger partial charge is 0.508 e. The maximum absolute atomic E-state index is 12.0. The molecule has 0 heterocycles. The maximum Gasteiger partial charge on any atom is 0.255 e. The molecule has 0 saturated carbocycles. The van der Waals surface area contributed by atoms with Gasteiger partial charge in [-0.2, -0.15) is 0 Å². The Morgan fingerprint density at radius 1 is 1.22 bits per heavy atom. The number of benzene rings is 2. The molecule has 0 spiro atoms. The summed E-state index contributed by atoms with van der Waals surface area (Å²) in [6, 6.07) is 11.8. The summed E-state index contributed by atoms with van der Waals surface area (Å²) in [6.07, 6.45) is 0. The molecule has 0 aliphatic carbocycles. The third-order valence-electron chi connectivity index (χ3n) is 2.68.